The highest BCUT2D eigenvalue weighted by Crippen LogP contribution is 2.24. The molecule has 1 N–H and O–H groups in total. The number of carbonyl (C=O) groups is 1. The van der Waals surface area contributed by atoms with Gasteiger partial charge in [0.25, 0.3) is 16.3 Å². The normalized spacial score (nSPS) is 11.6. The van der Waals surface area contributed by atoms with Crippen molar-refractivity contribution >= 4 is 37.6 Å². The number of carboxylic acid groups (broad SMARTS) is 1. The molecule has 0 amide bonds. The summed E-state index contributed by atoms with van der Waals surface area (Å²) in [6.45, 7) is 0.247. The molecule has 0 bridgehead atoms. The molecular weight excluding hydrogens is 350 g/mol. The average molecular weight is 363 g/mol. The summed E-state index contributed by atoms with van der Waals surface area (Å²) in [5.41, 5.74) is 1.70. The van der Waals surface area contributed by atoms with Crippen LogP contribution in [0, 0.1) is 0 Å². The van der Waals surface area contributed by atoms with Gasteiger partial charge in [0.2, 0.25) is 0 Å². The minimum absolute atomic E-state index is 0.225. The molecule has 0 saturated carbocycles. The first-order valence-electron chi connectivity index (χ1n) is 7.42. The molecule has 1 aromatic heterocycles. The zero-order chi connectivity index (χ0) is 18.2. The maximum absolute atomic E-state index is 12.2. The van der Waals surface area contributed by atoms with E-state index in [2.05, 4.69) is 4.74 Å². The third-order valence-corrected chi connectivity index (χ3v) is 4.94. The van der Waals surface area contributed by atoms with Crippen LogP contribution in [-0.2, 0) is 6.54 Å². The molecule has 3 rings (SSSR count). The molecule has 0 aliphatic rings. The molecule has 0 unspecified atom stereocenters. The molecule has 8 heteroatoms. The maximum atomic E-state index is 12.2. The number of ether oxygens (including phenoxy) is 1. The van der Waals surface area contributed by atoms with E-state index >= 15 is 0 Å². The van der Waals surface area contributed by atoms with Crippen molar-refractivity contribution in [2.75, 3.05) is 0 Å². The van der Waals surface area contributed by atoms with Crippen LogP contribution in [0.25, 0.3) is 10.9 Å². The lowest BCUT2D eigenvalue weighted by molar-refractivity contribution is -0.274. The van der Waals surface area contributed by atoms with Gasteiger partial charge in [0.1, 0.15) is 11.4 Å². The number of aromatic nitrogens is 1. The largest absolute Gasteiger partial charge is 0.573 e. The van der Waals surface area contributed by atoms with Crippen LogP contribution in [0.5, 0.6) is 5.75 Å². The number of alkyl halides is 3. The topological polar surface area (TPSA) is 51.5 Å². The molecule has 4 nitrogen and oxygen atoms in total. The number of benzene rings is 2. The first-order valence-corrected chi connectivity index (χ1v) is 8.42. The van der Waals surface area contributed by atoms with Crippen molar-refractivity contribution in [2.45, 2.75) is 12.9 Å². The number of fused-ring (bicyclic) bond motifs is 1. The van der Waals surface area contributed by atoms with E-state index in [0.717, 1.165) is 15.3 Å². The predicted octanol–water partition coefficient (Wildman–Crippen LogP) is 2.54. The highest BCUT2D eigenvalue weighted by Gasteiger charge is 2.31. The van der Waals surface area contributed by atoms with Crippen molar-refractivity contribution in [1.82, 2.24) is 4.57 Å². The van der Waals surface area contributed by atoms with Gasteiger partial charge in [-0.1, -0.05) is 34.8 Å². The highest BCUT2D eigenvalue weighted by molar-refractivity contribution is 6.42. The van der Waals surface area contributed by atoms with Gasteiger partial charge in [0.15, 0.2) is 0 Å². The van der Waals surface area contributed by atoms with Crippen molar-refractivity contribution in [1.29, 1.82) is 0 Å². The van der Waals surface area contributed by atoms with E-state index in [4.69, 9.17) is 0 Å². The van der Waals surface area contributed by atoms with E-state index in [-0.39, 0.29) is 18.0 Å². The number of para-hydroxylation sites is 1. The van der Waals surface area contributed by atoms with Crippen molar-refractivity contribution in [3.8, 4) is 5.75 Å². The quantitative estimate of drug-likeness (QED) is 0.725. The minimum Gasteiger partial charge on any atom is -0.477 e. The molecule has 0 radical (unpaired) electrons. The Labute approximate surface area is 148 Å². The molecule has 2 aromatic carbocycles. The second kappa shape index (κ2) is 6.47. The van der Waals surface area contributed by atoms with E-state index < -0.39 is 12.3 Å². The number of carboxylic acids is 1. The second-order valence-corrected chi connectivity index (χ2v) is 6.57. The van der Waals surface area contributed by atoms with Crippen LogP contribution < -0.4 is 9.16 Å². The fraction of sp³-hybridized carbons (Fsp3) is 0.118. The third kappa shape index (κ3) is 3.65. The van der Waals surface area contributed by atoms with Gasteiger partial charge in [-0.25, -0.2) is 4.79 Å². The van der Waals surface area contributed by atoms with Crippen LogP contribution >= 0.6 is 0 Å². The molecule has 3 aromatic rings. The van der Waals surface area contributed by atoms with Crippen LogP contribution in [0.3, 0.4) is 0 Å². The summed E-state index contributed by atoms with van der Waals surface area (Å²) in [4.78, 5) is 11.7. The number of halogens is 3. The lowest BCUT2D eigenvalue weighted by atomic mass is 10.2. The van der Waals surface area contributed by atoms with Crippen LogP contribution in [0.15, 0.2) is 48.5 Å². The van der Waals surface area contributed by atoms with E-state index in [1.165, 1.54) is 24.3 Å². The maximum Gasteiger partial charge on any atom is 0.573 e. The zero-order valence-electron chi connectivity index (χ0n) is 13.2. The second-order valence-electron chi connectivity index (χ2n) is 5.57. The van der Waals surface area contributed by atoms with Crippen LogP contribution in [0.4, 0.5) is 13.2 Å². The molecule has 0 spiro atoms. The number of hydrogen-bond donors (Lipinski definition) is 1. The standard InChI is InChI=1S/C17H11F3NO3.Al.2H/c18-17(19,20)24-13-7-5-11(6-8-13)10-21-14-4-2-1-3-12(14)9-15(21)16(22)23;;;/h1-8H,10H2,(H,22,23);;;. The summed E-state index contributed by atoms with van der Waals surface area (Å²) < 4.78 is 43.0. The lowest BCUT2D eigenvalue weighted by Crippen LogP contribution is -2.19. The Kier molecular flexibility index (Phi) is 4.50. The van der Waals surface area contributed by atoms with E-state index in [0.29, 0.717) is 21.9 Å². The third-order valence-electron chi connectivity index (χ3n) is 3.92. The van der Waals surface area contributed by atoms with Gasteiger partial charge in [0.05, 0.1) is 0 Å². The average Bonchev–Trinajstić information content (AvgIpc) is 2.81. The summed E-state index contributed by atoms with van der Waals surface area (Å²) in [6, 6.07) is 12.8. The number of hydrogen-bond acceptors (Lipinski definition) is 2. The Balaban J connectivity index is 1.98. The summed E-state index contributed by atoms with van der Waals surface area (Å²) in [5.74, 6) is -1.33. The number of rotatable bonds is 4. The molecule has 0 atom stereocenters. The van der Waals surface area contributed by atoms with Gasteiger partial charge in [-0.2, -0.15) is 0 Å². The first-order chi connectivity index (χ1) is 11.8. The molecule has 0 aliphatic heterocycles. The van der Waals surface area contributed by atoms with Gasteiger partial charge in [-0.3, -0.25) is 0 Å². The Bertz CT molecular complexity index is 933. The minimum atomic E-state index is -4.74. The lowest BCUT2D eigenvalue weighted by Gasteiger charge is -2.11. The smallest absolute Gasteiger partial charge is 0.477 e. The van der Waals surface area contributed by atoms with Crippen LogP contribution in [-0.4, -0.2) is 38.3 Å². The molecule has 0 fully saturated rings. The first kappa shape index (κ1) is 17.4. The van der Waals surface area contributed by atoms with Gasteiger partial charge in [-0.05, 0) is 29.1 Å². The van der Waals surface area contributed by atoms with Crippen molar-refractivity contribution < 1.29 is 27.8 Å². The van der Waals surface area contributed by atoms with Gasteiger partial charge < -0.3 is 14.4 Å². The fourth-order valence-electron chi connectivity index (χ4n) is 2.90. The van der Waals surface area contributed by atoms with Gasteiger partial charge in [-0.15, -0.1) is 13.2 Å². The molecule has 1 heterocycles. The highest BCUT2D eigenvalue weighted by atomic mass is 27.0. The summed E-state index contributed by atoms with van der Waals surface area (Å²) in [7, 11) is 0. The SMILES string of the molecule is O=C(O)c1[c]([AlH2])c2ccccc2n1Cc1ccc(OC(F)(F)F)cc1. The molecule has 0 aliphatic carbocycles. The van der Waals surface area contributed by atoms with Crippen LogP contribution in [0.2, 0.25) is 0 Å². The Hall–Kier alpha value is -2.43. The van der Waals surface area contributed by atoms with Gasteiger partial charge in [0, 0.05) is 12.1 Å². The Morgan fingerprint density at radius 2 is 1.76 bits per heavy atom. The summed E-state index contributed by atoms with van der Waals surface area (Å²) >= 11 is 0.571. The monoisotopic (exact) mass is 363 g/mol. The van der Waals surface area contributed by atoms with Crippen molar-refractivity contribution in [2.24, 2.45) is 0 Å². The van der Waals surface area contributed by atoms with E-state index in [9.17, 15) is 23.1 Å². The Morgan fingerprint density at radius 1 is 1.12 bits per heavy atom. The van der Waals surface area contributed by atoms with Crippen molar-refractivity contribution in [3.63, 3.8) is 0 Å². The number of nitrogens with zero attached hydrogens (tertiary/aromatic N) is 1. The summed E-state index contributed by atoms with van der Waals surface area (Å²) in [6.07, 6.45) is -4.74. The Morgan fingerprint density at radius 3 is 2.36 bits per heavy atom. The fourth-order valence-corrected chi connectivity index (χ4v) is 3.80. The molecular formula is C17H13AlF3NO3. The van der Waals surface area contributed by atoms with Crippen molar-refractivity contribution in [3.05, 3.63) is 59.8 Å². The molecule has 128 valence electrons. The molecule has 0 saturated heterocycles. The number of aromatic carboxylic acids is 1. The van der Waals surface area contributed by atoms with E-state index in [1.807, 2.05) is 24.3 Å². The van der Waals surface area contributed by atoms with E-state index in [1.54, 1.807) is 4.57 Å². The summed E-state index contributed by atoms with van der Waals surface area (Å²) in [5, 5.41) is 10.4. The molecule has 25 heavy (non-hydrogen) atoms. The van der Waals surface area contributed by atoms with Crippen LogP contribution in [0.1, 0.15) is 16.1 Å². The predicted molar refractivity (Wildman–Crippen MR) is 89.3 cm³/mol. The van der Waals surface area contributed by atoms with Gasteiger partial charge >= 0.3 is 12.3 Å². The zero-order valence-corrected chi connectivity index (χ0v) is 15.2.